The molecule has 3 aromatic carbocycles. The van der Waals surface area contributed by atoms with E-state index < -0.39 is 7.49 Å². The molecule has 0 aromatic heterocycles. The van der Waals surface area contributed by atoms with Crippen LogP contribution in [0.25, 0.3) is 0 Å². The van der Waals surface area contributed by atoms with Crippen molar-refractivity contribution in [1.82, 2.24) is 0 Å². The van der Waals surface area contributed by atoms with Crippen LogP contribution >= 0.6 is 7.49 Å². The van der Waals surface area contributed by atoms with Crippen molar-refractivity contribution in [2.45, 2.75) is 6.92 Å². The van der Waals surface area contributed by atoms with E-state index in [1.807, 2.05) is 91.0 Å². The Balaban J connectivity index is 0.00000208. The molecule has 0 aliphatic rings. The quantitative estimate of drug-likeness (QED) is 0.431. The summed E-state index contributed by atoms with van der Waals surface area (Å²) in [6.07, 6.45) is 0. The maximum atomic E-state index is 12.0. The van der Waals surface area contributed by atoms with E-state index in [1.165, 1.54) is 6.92 Å². The molecule has 0 aliphatic carbocycles. The third kappa shape index (κ3) is 4.88. The summed E-state index contributed by atoms with van der Waals surface area (Å²) in [7, 11) is -2.46. The molecule has 25 heavy (non-hydrogen) atoms. The van der Waals surface area contributed by atoms with Gasteiger partial charge in [-0.1, -0.05) is 54.6 Å². The topological polar surface area (TPSA) is 26.3 Å². The van der Waals surface area contributed by atoms with Gasteiger partial charge in [0.1, 0.15) is 15.9 Å². The molecule has 125 valence electrons. The first-order valence-electron chi connectivity index (χ1n) is 7.49. The minimum absolute atomic E-state index is 0. The summed E-state index contributed by atoms with van der Waals surface area (Å²) in [6.45, 7) is 1.48. The molecule has 0 spiro atoms. The van der Waals surface area contributed by atoms with E-state index in [0.29, 0.717) is 0 Å². The Morgan fingerprint density at radius 1 is 0.720 bits per heavy atom. The van der Waals surface area contributed by atoms with Crippen LogP contribution in [0.5, 0.6) is 0 Å². The Morgan fingerprint density at radius 3 is 1.24 bits per heavy atom. The average Bonchev–Trinajstić information content (AvgIpc) is 2.62. The molecule has 3 aromatic rings. The Labute approximate surface area is 186 Å². The second kappa shape index (κ2) is 10.4. The fourth-order valence-electron chi connectivity index (χ4n) is 2.71. The van der Waals surface area contributed by atoms with Gasteiger partial charge in [-0.15, -0.1) is 0 Å². The summed E-state index contributed by atoms with van der Waals surface area (Å²) >= 11 is 0. The molecule has 0 bridgehead atoms. The van der Waals surface area contributed by atoms with Crippen molar-refractivity contribution in [3.63, 3.8) is 0 Å². The van der Waals surface area contributed by atoms with Crippen LogP contribution < -0.4 is 45.5 Å². The largest absolute Gasteiger partial charge is 1.00 e. The summed E-state index contributed by atoms with van der Waals surface area (Å²) in [5.74, 6) is -0.269. The maximum Gasteiger partial charge on any atom is 1.00 e. The molecular formula is C20H19NaO2PRh+. The van der Waals surface area contributed by atoms with Crippen molar-refractivity contribution in [2.24, 2.45) is 0 Å². The molecule has 0 atom stereocenters. The smallest absolute Gasteiger partial charge is 1.00 e. The zero-order valence-electron chi connectivity index (χ0n) is 15.3. The van der Waals surface area contributed by atoms with E-state index >= 15 is 0 Å². The zero-order valence-corrected chi connectivity index (χ0v) is 18.8. The molecular weight excluding hydrogens is 429 g/mol. The second-order valence-electron chi connectivity index (χ2n) is 5.20. The standard InChI is InChI=1S/C20H18O2P.Na.Rh.H/c1-17(21)22-23(18-11-5-2-6-12-18,19-13-7-3-8-14-19)20-15-9-4-10-16-20;;;/h2-16H,1H3;;;/q2*+1;;-1. The van der Waals surface area contributed by atoms with E-state index in [9.17, 15) is 4.79 Å². The van der Waals surface area contributed by atoms with Gasteiger partial charge >= 0.3 is 35.5 Å². The number of carbonyl (C=O) groups is 1. The SMILES string of the molecule is CC(=O)O[P+](c1ccccc1)(c1ccccc1)c1ccccc1.[H-].[Na+].[Rh]. The van der Waals surface area contributed by atoms with E-state index in [1.54, 1.807) is 0 Å². The molecule has 3 rings (SSSR count). The molecule has 0 heterocycles. The molecule has 0 saturated carbocycles. The van der Waals surface area contributed by atoms with Gasteiger partial charge in [-0.25, -0.2) is 4.79 Å². The molecule has 0 N–H and O–H groups in total. The van der Waals surface area contributed by atoms with Crippen molar-refractivity contribution >= 4 is 29.4 Å². The van der Waals surface area contributed by atoms with Gasteiger partial charge in [-0.05, 0) is 36.4 Å². The molecule has 0 fully saturated rings. The van der Waals surface area contributed by atoms with Crippen LogP contribution in [0.1, 0.15) is 8.35 Å². The number of hydrogen-bond acceptors (Lipinski definition) is 2. The van der Waals surface area contributed by atoms with Crippen LogP contribution in [0, 0.1) is 0 Å². The van der Waals surface area contributed by atoms with Gasteiger partial charge in [-0.3, -0.25) is 4.52 Å². The monoisotopic (exact) mass is 448 g/mol. The molecule has 2 nitrogen and oxygen atoms in total. The van der Waals surface area contributed by atoms with Gasteiger partial charge in [0.25, 0.3) is 7.49 Å². The van der Waals surface area contributed by atoms with Crippen LogP contribution in [0.15, 0.2) is 91.0 Å². The van der Waals surface area contributed by atoms with Crippen LogP contribution in [0.2, 0.25) is 0 Å². The van der Waals surface area contributed by atoms with Crippen LogP contribution in [0.4, 0.5) is 0 Å². The van der Waals surface area contributed by atoms with Crippen molar-refractivity contribution in [3.05, 3.63) is 91.0 Å². The minimum Gasteiger partial charge on any atom is -1.00 e. The van der Waals surface area contributed by atoms with Gasteiger partial charge in [-0.2, -0.15) is 0 Å². The molecule has 0 amide bonds. The summed E-state index contributed by atoms with van der Waals surface area (Å²) < 4.78 is 6.07. The Morgan fingerprint density at radius 2 is 1.00 bits per heavy atom. The molecule has 0 saturated heterocycles. The van der Waals surface area contributed by atoms with E-state index in [4.69, 9.17) is 4.52 Å². The number of carbonyl (C=O) groups excluding carboxylic acids is 1. The Hall–Kier alpha value is -0.817. The first-order chi connectivity index (χ1) is 11.2. The first kappa shape index (κ1) is 22.2. The molecule has 0 aliphatic heterocycles. The summed E-state index contributed by atoms with van der Waals surface area (Å²) in [5, 5.41) is 3.10. The summed E-state index contributed by atoms with van der Waals surface area (Å²) in [4.78, 5) is 12.0. The van der Waals surface area contributed by atoms with Crippen LogP contribution in [-0.4, -0.2) is 5.97 Å². The van der Waals surface area contributed by atoms with E-state index in [0.717, 1.165) is 15.9 Å². The fraction of sp³-hybridized carbons (Fsp3) is 0.0500. The fourth-order valence-corrected chi connectivity index (χ4v) is 6.08. The summed E-state index contributed by atoms with van der Waals surface area (Å²) in [6, 6.07) is 30.1. The van der Waals surface area contributed by atoms with Gasteiger partial charge in [0.05, 0.1) is 0 Å². The van der Waals surface area contributed by atoms with Crippen LogP contribution in [0.3, 0.4) is 0 Å². The third-order valence-electron chi connectivity index (χ3n) is 3.62. The van der Waals surface area contributed by atoms with Crippen LogP contribution in [-0.2, 0) is 28.8 Å². The van der Waals surface area contributed by atoms with Crippen molar-refractivity contribution in [1.29, 1.82) is 0 Å². The van der Waals surface area contributed by atoms with Gasteiger partial charge in [0.2, 0.25) is 0 Å². The number of benzene rings is 3. The van der Waals surface area contributed by atoms with E-state index in [2.05, 4.69) is 0 Å². The van der Waals surface area contributed by atoms with Crippen molar-refractivity contribution in [2.75, 3.05) is 0 Å². The Bertz CT molecular complexity index is 692. The predicted octanol–water partition coefficient (Wildman–Crippen LogP) is 0.573. The van der Waals surface area contributed by atoms with Crippen molar-refractivity contribution in [3.8, 4) is 0 Å². The first-order valence-corrected chi connectivity index (χ1v) is 9.20. The van der Waals surface area contributed by atoms with Gasteiger partial charge in [0.15, 0.2) is 0 Å². The van der Waals surface area contributed by atoms with E-state index in [-0.39, 0.29) is 56.4 Å². The normalized spacial score (nSPS) is 10.1. The van der Waals surface area contributed by atoms with Gasteiger partial charge in [0, 0.05) is 26.4 Å². The third-order valence-corrected chi connectivity index (χ3v) is 7.23. The second-order valence-corrected chi connectivity index (χ2v) is 8.15. The van der Waals surface area contributed by atoms with Gasteiger partial charge < -0.3 is 1.43 Å². The number of rotatable bonds is 4. The Kier molecular flexibility index (Phi) is 9.21. The predicted molar refractivity (Wildman–Crippen MR) is 98.0 cm³/mol. The number of hydrogen-bond donors (Lipinski definition) is 0. The minimum atomic E-state index is -2.46. The molecule has 5 heteroatoms. The molecule has 0 unspecified atom stereocenters. The maximum absolute atomic E-state index is 12.0. The average molecular weight is 448 g/mol. The summed E-state index contributed by atoms with van der Waals surface area (Å²) in [5.41, 5.74) is 0. The molecule has 1 radical (unpaired) electrons. The van der Waals surface area contributed by atoms with Crippen molar-refractivity contribution < 1.29 is 59.8 Å². The zero-order chi connectivity index (χ0) is 16.1.